The Hall–Kier alpha value is -3.06. The molecule has 1 heterocycles. The van der Waals surface area contributed by atoms with Gasteiger partial charge in [0.1, 0.15) is 0 Å². The second-order valence-corrected chi connectivity index (χ2v) is 7.97. The van der Waals surface area contributed by atoms with E-state index < -0.39 is 0 Å². The fraction of sp³-hybridized carbons (Fsp3) is 0.391. The molecular formula is C23H28N4O3. The van der Waals surface area contributed by atoms with Crippen LogP contribution in [0.5, 0.6) is 0 Å². The van der Waals surface area contributed by atoms with Gasteiger partial charge in [0.15, 0.2) is 0 Å². The lowest BCUT2D eigenvalue weighted by atomic mass is 10.1. The van der Waals surface area contributed by atoms with Gasteiger partial charge in [-0.15, -0.1) is 0 Å². The minimum absolute atomic E-state index is 0.104. The fourth-order valence-corrected chi connectivity index (χ4v) is 3.62. The van der Waals surface area contributed by atoms with Crippen molar-refractivity contribution < 1.29 is 14.7 Å². The van der Waals surface area contributed by atoms with Crippen LogP contribution in [0, 0.1) is 0 Å². The van der Waals surface area contributed by atoms with E-state index >= 15 is 0 Å². The van der Waals surface area contributed by atoms with E-state index in [-0.39, 0.29) is 24.5 Å². The summed E-state index contributed by atoms with van der Waals surface area (Å²) in [5.74, 6) is -0.286. The number of anilines is 3. The fourth-order valence-electron chi connectivity index (χ4n) is 3.62. The highest BCUT2D eigenvalue weighted by Crippen LogP contribution is 2.28. The Morgan fingerprint density at radius 2 is 1.77 bits per heavy atom. The van der Waals surface area contributed by atoms with Gasteiger partial charge in [-0.05, 0) is 56.0 Å². The minimum Gasteiger partial charge on any atom is -0.393 e. The first-order valence-electron chi connectivity index (χ1n) is 10.6. The number of carbonyl (C=O) groups excluding carboxylic acids is 2. The number of carbonyl (C=O) groups is 2. The van der Waals surface area contributed by atoms with Crippen LogP contribution in [0.25, 0.3) is 0 Å². The summed E-state index contributed by atoms with van der Waals surface area (Å²) >= 11 is 0. The number of rotatable bonds is 7. The van der Waals surface area contributed by atoms with Crippen molar-refractivity contribution in [2.24, 2.45) is 0 Å². The van der Waals surface area contributed by atoms with E-state index in [1.807, 2.05) is 24.3 Å². The summed E-state index contributed by atoms with van der Waals surface area (Å²) in [5, 5.41) is 18.8. The number of benzene rings is 2. The Bertz CT molecular complexity index is 905. The maximum absolute atomic E-state index is 12.5. The van der Waals surface area contributed by atoms with Gasteiger partial charge in [0.25, 0.3) is 5.91 Å². The molecule has 7 nitrogen and oxygen atoms in total. The van der Waals surface area contributed by atoms with Crippen molar-refractivity contribution in [3.63, 3.8) is 0 Å². The highest BCUT2D eigenvalue weighted by atomic mass is 16.3. The van der Waals surface area contributed by atoms with Crippen LogP contribution >= 0.6 is 0 Å². The average Bonchev–Trinajstić information content (AvgIpc) is 3.57. The SMILES string of the molecule is O=C(CNc1ccccc1N1CCC(O)CC1)Nc1cccc(C(=O)NC2CC2)c1. The third-order valence-electron chi connectivity index (χ3n) is 5.47. The second kappa shape index (κ2) is 9.17. The summed E-state index contributed by atoms with van der Waals surface area (Å²) in [5.41, 5.74) is 3.08. The molecule has 1 saturated heterocycles. The van der Waals surface area contributed by atoms with Gasteiger partial charge in [0.05, 0.1) is 24.0 Å². The highest BCUT2D eigenvalue weighted by molar-refractivity contribution is 5.98. The molecule has 0 unspecified atom stereocenters. The molecule has 0 spiro atoms. The van der Waals surface area contributed by atoms with Crippen LogP contribution < -0.4 is 20.9 Å². The summed E-state index contributed by atoms with van der Waals surface area (Å²) in [6.45, 7) is 1.70. The quantitative estimate of drug-likeness (QED) is 0.565. The summed E-state index contributed by atoms with van der Waals surface area (Å²) in [7, 11) is 0. The van der Waals surface area contributed by atoms with Crippen LogP contribution in [0.15, 0.2) is 48.5 Å². The van der Waals surface area contributed by atoms with Crippen LogP contribution in [-0.2, 0) is 4.79 Å². The molecule has 0 bridgehead atoms. The lowest BCUT2D eigenvalue weighted by molar-refractivity contribution is -0.114. The molecule has 2 aromatic rings. The van der Waals surface area contributed by atoms with Crippen molar-refractivity contribution in [2.45, 2.75) is 37.8 Å². The lowest BCUT2D eigenvalue weighted by Gasteiger charge is -2.32. The largest absolute Gasteiger partial charge is 0.393 e. The first-order valence-corrected chi connectivity index (χ1v) is 10.6. The zero-order chi connectivity index (χ0) is 20.9. The number of nitrogens with one attached hydrogen (secondary N) is 3. The van der Waals surface area contributed by atoms with Crippen molar-refractivity contribution >= 4 is 28.9 Å². The lowest BCUT2D eigenvalue weighted by Crippen LogP contribution is -2.36. The molecule has 4 rings (SSSR count). The molecule has 1 aliphatic carbocycles. The first-order chi connectivity index (χ1) is 14.6. The number of aliphatic hydroxyl groups excluding tert-OH is 1. The molecule has 0 atom stereocenters. The minimum atomic E-state index is -0.228. The number of hydrogen-bond donors (Lipinski definition) is 4. The molecule has 30 heavy (non-hydrogen) atoms. The zero-order valence-corrected chi connectivity index (χ0v) is 16.9. The molecule has 1 saturated carbocycles. The summed E-state index contributed by atoms with van der Waals surface area (Å²) in [4.78, 5) is 26.9. The van der Waals surface area contributed by atoms with Gasteiger partial charge in [-0.2, -0.15) is 0 Å². The molecule has 2 fully saturated rings. The van der Waals surface area contributed by atoms with Crippen LogP contribution in [0.4, 0.5) is 17.1 Å². The van der Waals surface area contributed by atoms with Crippen molar-refractivity contribution in [1.29, 1.82) is 0 Å². The van der Waals surface area contributed by atoms with E-state index in [9.17, 15) is 14.7 Å². The van der Waals surface area contributed by atoms with Crippen LogP contribution in [0.2, 0.25) is 0 Å². The average molecular weight is 409 g/mol. The summed E-state index contributed by atoms with van der Waals surface area (Å²) in [6.07, 6.45) is 3.34. The molecule has 158 valence electrons. The van der Waals surface area contributed by atoms with Crippen LogP contribution in [0.1, 0.15) is 36.0 Å². The third kappa shape index (κ3) is 5.30. The standard InChI is InChI=1S/C23H28N4O3/c28-19-10-12-27(13-11-19)21-7-2-1-6-20(21)24-15-22(29)25-18-5-3-4-16(14-18)23(30)26-17-8-9-17/h1-7,14,17,19,24,28H,8-13,15H2,(H,25,29)(H,26,30). The predicted octanol–water partition coefficient (Wildman–Crippen LogP) is 2.59. The van der Waals surface area contributed by atoms with Crippen molar-refractivity contribution in [3.8, 4) is 0 Å². The Balaban J connectivity index is 1.34. The van der Waals surface area contributed by atoms with E-state index in [0.717, 1.165) is 50.1 Å². The van der Waals surface area contributed by atoms with Gasteiger partial charge < -0.3 is 26.0 Å². The van der Waals surface area contributed by atoms with E-state index in [0.29, 0.717) is 17.3 Å². The Morgan fingerprint density at radius 3 is 2.53 bits per heavy atom. The van der Waals surface area contributed by atoms with Gasteiger partial charge in [-0.3, -0.25) is 9.59 Å². The van der Waals surface area contributed by atoms with Gasteiger partial charge in [0.2, 0.25) is 5.91 Å². The van der Waals surface area contributed by atoms with Crippen LogP contribution in [0.3, 0.4) is 0 Å². The predicted molar refractivity (Wildman–Crippen MR) is 118 cm³/mol. The number of piperidine rings is 1. The van der Waals surface area contributed by atoms with Gasteiger partial charge in [0, 0.05) is 30.4 Å². The van der Waals surface area contributed by atoms with E-state index in [1.54, 1.807) is 24.3 Å². The number of hydrogen-bond acceptors (Lipinski definition) is 5. The molecule has 0 radical (unpaired) electrons. The molecule has 7 heteroatoms. The Kier molecular flexibility index (Phi) is 6.18. The van der Waals surface area contributed by atoms with Gasteiger partial charge >= 0.3 is 0 Å². The number of para-hydroxylation sites is 2. The van der Waals surface area contributed by atoms with E-state index in [1.165, 1.54) is 0 Å². The molecule has 2 amide bonds. The van der Waals surface area contributed by atoms with Gasteiger partial charge in [-0.25, -0.2) is 0 Å². The maximum atomic E-state index is 12.5. The topological polar surface area (TPSA) is 93.7 Å². The normalized spacial score (nSPS) is 16.8. The van der Waals surface area contributed by atoms with Crippen molar-refractivity contribution in [1.82, 2.24) is 5.32 Å². The Labute approximate surface area is 176 Å². The second-order valence-electron chi connectivity index (χ2n) is 7.97. The van der Waals surface area contributed by atoms with E-state index in [4.69, 9.17) is 0 Å². The maximum Gasteiger partial charge on any atom is 0.251 e. The number of nitrogens with zero attached hydrogens (tertiary/aromatic N) is 1. The van der Waals surface area contributed by atoms with Crippen LogP contribution in [-0.4, -0.2) is 48.7 Å². The zero-order valence-electron chi connectivity index (χ0n) is 16.9. The van der Waals surface area contributed by atoms with Gasteiger partial charge in [-0.1, -0.05) is 18.2 Å². The number of amides is 2. The monoisotopic (exact) mass is 408 g/mol. The first kappa shape index (κ1) is 20.2. The molecule has 2 aromatic carbocycles. The third-order valence-corrected chi connectivity index (χ3v) is 5.47. The summed E-state index contributed by atoms with van der Waals surface area (Å²) < 4.78 is 0. The molecule has 1 aliphatic heterocycles. The van der Waals surface area contributed by atoms with Crippen molar-refractivity contribution in [2.75, 3.05) is 35.2 Å². The molecule has 4 N–H and O–H groups in total. The Morgan fingerprint density at radius 1 is 1.00 bits per heavy atom. The highest BCUT2D eigenvalue weighted by Gasteiger charge is 2.24. The molecular weight excluding hydrogens is 380 g/mol. The smallest absolute Gasteiger partial charge is 0.251 e. The number of aliphatic hydroxyl groups is 1. The molecule has 0 aromatic heterocycles. The van der Waals surface area contributed by atoms with Crippen molar-refractivity contribution in [3.05, 3.63) is 54.1 Å². The summed E-state index contributed by atoms with van der Waals surface area (Å²) in [6, 6.07) is 15.2. The van der Waals surface area contributed by atoms with E-state index in [2.05, 4.69) is 20.9 Å². The molecule has 2 aliphatic rings.